The van der Waals surface area contributed by atoms with E-state index in [1.54, 1.807) is 11.8 Å². The van der Waals surface area contributed by atoms with E-state index in [1.807, 2.05) is 18.2 Å². The molecule has 0 aliphatic carbocycles. The van der Waals surface area contributed by atoms with E-state index in [4.69, 9.17) is 14.5 Å². The quantitative estimate of drug-likeness (QED) is 0.795. The second-order valence-electron chi connectivity index (χ2n) is 6.49. The fourth-order valence-electron chi connectivity index (χ4n) is 3.31. The van der Waals surface area contributed by atoms with Gasteiger partial charge in [-0.15, -0.1) is 0 Å². The summed E-state index contributed by atoms with van der Waals surface area (Å²) in [5.74, 6) is 1.73. The molecule has 0 spiro atoms. The van der Waals surface area contributed by atoms with Gasteiger partial charge in [0.2, 0.25) is 0 Å². The number of sulfone groups is 1. The molecule has 2 atom stereocenters. The van der Waals surface area contributed by atoms with Crippen molar-refractivity contribution in [2.75, 3.05) is 29.6 Å². The molecule has 1 saturated heterocycles. The van der Waals surface area contributed by atoms with Crippen LogP contribution in [0.5, 0.6) is 11.5 Å². The largest absolute Gasteiger partial charge is 0.486 e. The van der Waals surface area contributed by atoms with Crippen LogP contribution < -0.4 is 14.4 Å². The number of rotatable bonds is 2. The predicted molar refractivity (Wildman–Crippen MR) is 96.3 cm³/mol. The number of hydrogen-bond donors (Lipinski definition) is 0. The Hall–Kier alpha value is -1.41. The Morgan fingerprint density at radius 2 is 1.96 bits per heavy atom. The van der Waals surface area contributed by atoms with Crippen LogP contribution in [0.3, 0.4) is 0 Å². The third kappa shape index (κ3) is 2.86. The molecular weight excluding hydrogens is 348 g/mol. The van der Waals surface area contributed by atoms with Crippen LogP contribution in [0.4, 0.5) is 5.69 Å². The van der Waals surface area contributed by atoms with Crippen LogP contribution in [-0.4, -0.2) is 55.6 Å². The summed E-state index contributed by atoms with van der Waals surface area (Å²) in [4.78, 5) is 6.78. The topological polar surface area (TPSA) is 68.2 Å². The van der Waals surface area contributed by atoms with E-state index in [1.165, 1.54) is 0 Å². The lowest BCUT2D eigenvalue weighted by molar-refractivity contribution is 0.171. The molecule has 0 unspecified atom stereocenters. The van der Waals surface area contributed by atoms with Crippen LogP contribution in [0.1, 0.15) is 13.8 Å². The molecule has 1 aromatic rings. The van der Waals surface area contributed by atoms with Gasteiger partial charge in [-0.2, -0.15) is 0 Å². The monoisotopic (exact) mass is 368 g/mol. The van der Waals surface area contributed by atoms with E-state index in [2.05, 4.69) is 18.7 Å². The molecule has 3 heterocycles. The maximum Gasteiger partial charge on any atom is 0.164 e. The van der Waals surface area contributed by atoms with Gasteiger partial charge in [0.15, 0.2) is 26.5 Å². The first-order valence-electron chi connectivity index (χ1n) is 8.07. The molecular formula is C16H20N2O4S2. The molecule has 1 fully saturated rings. The highest BCUT2D eigenvalue weighted by Gasteiger charge is 2.47. The van der Waals surface area contributed by atoms with Gasteiger partial charge >= 0.3 is 0 Å². The molecule has 3 aliphatic rings. The minimum Gasteiger partial charge on any atom is -0.486 e. The second-order valence-corrected chi connectivity index (χ2v) is 10.2. The number of nitrogens with zero attached hydrogens (tertiary/aromatic N) is 2. The van der Waals surface area contributed by atoms with Gasteiger partial charge in [-0.1, -0.05) is 25.6 Å². The van der Waals surface area contributed by atoms with Gasteiger partial charge in [0, 0.05) is 17.0 Å². The van der Waals surface area contributed by atoms with Gasteiger partial charge in [-0.05, 0) is 12.1 Å². The SMILES string of the molecule is CC(C)SC1=N[C@H]2CS(=O)(=O)C[C@H]2N1c1ccc2c(c1)OCCO2. The van der Waals surface area contributed by atoms with Crippen LogP contribution in [0.2, 0.25) is 0 Å². The van der Waals surface area contributed by atoms with E-state index in [9.17, 15) is 8.42 Å². The number of amidine groups is 1. The van der Waals surface area contributed by atoms with Gasteiger partial charge in [0.25, 0.3) is 0 Å². The highest BCUT2D eigenvalue weighted by atomic mass is 32.2. The molecule has 0 bridgehead atoms. The number of hydrogen-bond acceptors (Lipinski definition) is 7. The standard InChI is InChI=1S/C16H20N2O4S2/c1-10(2)23-16-17-12-8-24(19,20)9-13(12)18(16)11-3-4-14-15(7-11)22-6-5-21-14/h3-4,7,10,12-13H,5-6,8-9H2,1-2H3/t12-,13+/m0/s1. The zero-order valence-electron chi connectivity index (χ0n) is 13.6. The van der Waals surface area contributed by atoms with Crippen molar-refractivity contribution in [1.29, 1.82) is 0 Å². The fraction of sp³-hybridized carbons (Fsp3) is 0.562. The van der Waals surface area contributed by atoms with Gasteiger partial charge in [-0.3, -0.25) is 4.99 Å². The Morgan fingerprint density at radius 1 is 1.21 bits per heavy atom. The van der Waals surface area contributed by atoms with Crippen LogP contribution in [0.15, 0.2) is 23.2 Å². The number of fused-ring (bicyclic) bond motifs is 2. The lowest BCUT2D eigenvalue weighted by atomic mass is 10.1. The van der Waals surface area contributed by atoms with Crippen LogP contribution in [0.25, 0.3) is 0 Å². The summed E-state index contributed by atoms with van der Waals surface area (Å²) in [6.45, 7) is 5.30. The molecule has 130 valence electrons. The zero-order valence-corrected chi connectivity index (χ0v) is 15.3. The molecule has 0 radical (unpaired) electrons. The summed E-state index contributed by atoms with van der Waals surface area (Å²) >= 11 is 1.67. The van der Waals surface area contributed by atoms with Crippen molar-refractivity contribution < 1.29 is 17.9 Å². The van der Waals surface area contributed by atoms with Gasteiger partial charge in [0.1, 0.15) is 13.2 Å². The van der Waals surface area contributed by atoms with Crippen molar-refractivity contribution in [3.63, 3.8) is 0 Å². The number of anilines is 1. The van der Waals surface area contributed by atoms with Gasteiger partial charge in [0.05, 0.1) is 23.6 Å². The number of benzene rings is 1. The van der Waals surface area contributed by atoms with Crippen molar-refractivity contribution in [2.45, 2.75) is 31.2 Å². The third-order valence-electron chi connectivity index (χ3n) is 4.25. The Bertz CT molecular complexity index is 791. The predicted octanol–water partition coefficient (Wildman–Crippen LogP) is 1.94. The van der Waals surface area contributed by atoms with Crippen LogP contribution >= 0.6 is 11.8 Å². The lowest BCUT2D eigenvalue weighted by Crippen LogP contribution is -2.39. The Labute approximate surface area is 146 Å². The van der Waals surface area contributed by atoms with Gasteiger partial charge in [-0.25, -0.2) is 8.42 Å². The fourth-order valence-corrected chi connectivity index (χ4v) is 6.13. The summed E-state index contributed by atoms with van der Waals surface area (Å²) in [6, 6.07) is 5.47. The van der Waals surface area contributed by atoms with Crippen molar-refractivity contribution in [1.82, 2.24) is 0 Å². The summed E-state index contributed by atoms with van der Waals surface area (Å²) < 4.78 is 35.3. The van der Waals surface area contributed by atoms with E-state index < -0.39 is 9.84 Å². The molecule has 0 aromatic heterocycles. The maximum absolute atomic E-state index is 12.0. The van der Waals surface area contributed by atoms with E-state index >= 15 is 0 Å². The molecule has 0 N–H and O–H groups in total. The van der Waals surface area contributed by atoms with E-state index in [0.717, 1.165) is 16.6 Å². The average molecular weight is 368 g/mol. The first-order valence-corrected chi connectivity index (χ1v) is 10.8. The summed E-state index contributed by atoms with van der Waals surface area (Å²) in [6.07, 6.45) is 0. The third-order valence-corrected chi connectivity index (χ3v) is 6.94. The zero-order chi connectivity index (χ0) is 16.9. The van der Waals surface area contributed by atoms with E-state index in [-0.39, 0.29) is 23.6 Å². The maximum atomic E-state index is 12.0. The highest BCUT2D eigenvalue weighted by molar-refractivity contribution is 8.14. The minimum atomic E-state index is -3.03. The van der Waals surface area contributed by atoms with Crippen molar-refractivity contribution in [3.05, 3.63) is 18.2 Å². The van der Waals surface area contributed by atoms with Crippen LogP contribution in [0, 0.1) is 0 Å². The molecule has 3 aliphatic heterocycles. The molecule has 0 amide bonds. The molecule has 8 heteroatoms. The summed E-state index contributed by atoms with van der Waals surface area (Å²) in [7, 11) is -3.03. The van der Waals surface area contributed by atoms with E-state index in [0.29, 0.717) is 24.2 Å². The smallest absolute Gasteiger partial charge is 0.164 e. The average Bonchev–Trinajstić information content (AvgIpc) is 2.97. The van der Waals surface area contributed by atoms with Crippen molar-refractivity contribution in [3.8, 4) is 11.5 Å². The Balaban J connectivity index is 1.72. The molecule has 24 heavy (non-hydrogen) atoms. The normalized spacial score (nSPS) is 27.3. The number of aliphatic imine (C=N–C) groups is 1. The lowest BCUT2D eigenvalue weighted by Gasteiger charge is -2.28. The first-order chi connectivity index (χ1) is 11.4. The number of ether oxygens (including phenoxy) is 2. The number of thioether (sulfide) groups is 1. The Kier molecular flexibility index (Phi) is 3.91. The molecule has 6 nitrogen and oxygen atoms in total. The Morgan fingerprint density at radius 3 is 2.71 bits per heavy atom. The second kappa shape index (κ2) is 5.84. The molecule has 4 rings (SSSR count). The van der Waals surface area contributed by atoms with Crippen molar-refractivity contribution in [2.24, 2.45) is 4.99 Å². The minimum absolute atomic E-state index is 0.126. The molecule has 0 saturated carbocycles. The first kappa shape index (κ1) is 16.1. The summed E-state index contributed by atoms with van der Waals surface area (Å²) in [5.41, 5.74) is 0.913. The highest BCUT2D eigenvalue weighted by Crippen LogP contribution is 2.40. The van der Waals surface area contributed by atoms with Crippen molar-refractivity contribution >= 4 is 32.5 Å². The van der Waals surface area contributed by atoms with Crippen LogP contribution in [-0.2, 0) is 9.84 Å². The van der Waals surface area contributed by atoms with Gasteiger partial charge < -0.3 is 14.4 Å². The summed E-state index contributed by atoms with van der Waals surface area (Å²) in [5, 5.41) is 1.27. The molecule has 1 aromatic carbocycles.